The second-order valence-corrected chi connectivity index (χ2v) is 12.4. The van der Waals surface area contributed by atoms with E-state index in [1.54, 1.807) is 8.99 Å². The molecule has 36 heavy (non-hydrogen) atoms. The average molecular weight is 529 g/mol. The fourth-order valence-electron chi connectivity index (χ4n) is 5.46. The van der Waals surface area contributed by atoms with Gasteiger partial charge in [-0.25, -0.2) is 17.4 Å². The van der Waals surface area contributed by atoms with Crippen LogP contribution in [-0.4, -0.2) is 65.4 Å². The monoisotopic (exact) mass is 528 g/mol. The minimum absolute atomic E-state index is 0.0938. The largest absolute Gasteiger partial charge is 0.297 e. The molecule has 0 spiro atoms. The Labute approximate surface area is 217 Å². The zero-order valence-electron chi connectivity index (χ0n) is 20.5. The molecular formula is C27H33ClN4O3S. The predicted octanol–water partition coefficient (Wildman–Crippen LogP) is 3.92. The number of halogens is 1. The first kappa shape index (κ1) is 25.4. The number of nitrogens with zero attached hydrogens (tertiary/aromatic N) is 4. The fourth-order valence-corrected chi connectivity index (χ4v) is 7.12. The Morgan fingerprint density at radius 1 is 0.917 bits per heavy atom. The second-order valence-electron chi connectivity index (χ2n) is 9.89. The molecule has 0 N–H and O–H groups in total. The number of benzene rings is 2. The van der Waals surface area contributed by atoms with Crippen LogP contribution in [0.25, 0.3) is 10.8 Å². The van der Waals surface area contributed by atoms with Crippen molar-refractivity contribution in [3.8, 4) is 0 Å². The summed E-state index contributed by atoms with van der Waals surface area (Å²) in [6, 6.07) is 15.4. The summed E-state index contributed by atoms with van der Waals surface area (Å²) in [4.78, 5) is 15.6. The topological polar surface area (TPSA) is 75.5 Å². The van der Waals surface area contributed by atoms with Gasteiger partial charge in [-0.05, 0) is 56.0 Å². The van der Waals surface area contributed by atoms with Gasteiger partial charge in [0.1, 0.15) is 0 Å². The van der Waals surface area contributed by atoms with Crippen molar-refractivity contribution in [2.24, 2.45) is 0 Å². The van der Waals surface area contributed by atoms with Crippen molar-refractivity contribution in [2.75, 3.05) is 31.9 Å². The van der Waals surface area contributed by atoms with Crippen LogP contribution in [-0.2, 0) is 23.0 Å². The molecule has 2 saturated heterocycles. The maximum Gasteiger partial charge on any atom is 0.274 e. The molecule has 0 unspecified atom stereocenters. The van der Waals surface area contributed by atoms with E-state index in [0.717, 1.165) is 55.3 Å². The van der Waals surface area contributed by atoms with E-state index in [2.05, 4.69) is 4.90 Å². The van der Waals surface area contributed by atoms with Crippen molar-refractivity contribution >= 4 is 32.4 Å². The van der Waals surface area contributed by atoms with Crippen molar-refractivity contribution in [2.45, 2.75) is 51.1 Å². The van der Waals surface area contributed by atoms with Crippen LogP contribution in [0.1, 0.15) is 43.4 Å². The van der Waals surface area contributed by atoms with Crippen LogP contribution < -0.4 is 5.56 Å². The summed E-state index contributed by atoms with van der Waals surface area (Å²) < 4.78 is 29.0. The molecular weight excluding hydrogens is 496 g/mol. The SMILES string of the molecule is O=c1c2ccccc2c(Cc2ccc(Cl)cc2)nn1C[C@H]1CCCN1CCS(=O)(=O)N1CCCCC1. The lowest BCUT2D eigenvalue weighted by Crippen LogP contribution is -2.43. The van der Waals surface area contributed by atoms with Crippen LogP contribution in [0.2, 0.25) is 5.02 Å². The number of aromatic nitrogens is 2. The highest BCUT2D eigenvalue weighted by molar-refractivity contribution is 7.89. The zero-order chi connectivity index (χ0) is 25.1. The Bertz CT molecular complexity index is 1370. The van der Waals surface area contributed by atoms with Gasteiger partial charge in [-0.2, -0.15) is 5.10 Å². The van der Waals surface area contributed by atoms with Crippen molar-refractivity contribution in [1.82, 2.24) is 19.0 Å². The fraction of sp³-hybridized carbons (Fsp3) is 0.481. The summed E-state index contributed by atoms with van der Waals surface area (Å²) in [6.07, 6.45) is 5.51. The molecule has 2 aromatic carbocycles. The van der Waals surface area contributed by atoms with E-state index in [-0.39, 0.29) is 17.4 Å². The molecule has 0 saturated carbocycles. The van der Waals surface area contributed by atoms with Crippen LogP contribution in [0, 0.1) is 0 Å². The van der Waals surface area contributed by atoms with Gasteiger partial charge in [0.2, 0.25) is 10.0 Å². The van der Waals surface area contributed by atoms with Gasteiger partial charge in [0.25, 0.3) is 5.56 Å². The number of fused-ring (bicyclic) bond motifs is 1. The third-order valence-electron chi connectivity index (χ3n) is 7.46. The molecule has 1 aromatic heterocycles. The number of sulfonamides is 1. The van der Waals surface area contributed by atoms with E-state index in [9.17, 15) is 13.2 Å². The molecule has 2 aliphatic rings. The Hall–Kier alpha value is -2.26. The van der Waals surface area contributed by atoms with Crippen LogP contribution >= 0.6 is 11.6 Å². The van der Waals surface area contributed by atoms with Crippen LogP contribution in [0.4, 0.5) is 0 Å². The van der Waals surface area contributed by atoms with E-state index in [0.29, 0.717) is 43.0 Å². The maximum absolute atomic E-state index is 13.4. The molecule has 0 radical (unpaired) electrons. The number of rotatable bonds is 8. The molecule has 192 valence electrons. The van der Waals surface area contributed by atoms with E-state index in [1.165, 1.54) is 0 Å². The lowest BCUT2D eigenvalue weighted by atomic mass is 10.0. The minimum atomic E-state index is -3.25. The molecule has 0 aliphatic carbocycles. The summed E-state index contributed by atoms with van der Waals surface area (Å²) in [5, 5.41) is 7.03. The van der Waals surface area contributed by atoms with E-state index < -0.39 is 10.0 Å². The van der Waals surface area contributed by atoms with Crippen LogP contribution in [0.15, 0.2) is 53.3 Å². The lowest BCUT2D eigenvalue weighted by molar-refractivity contribution is 0.234. The first-order chi connectivity index (χ1) is 17.4. The van der Waals surface area contributed by atoms with Gasteiger partial charge in [0, 0.05) is 42.5 Å². The van der Waals surface area contributed by atoms with E-state index in [1.807, 2.05) is 48.5 Å². The molecule has 2 aliphatic heterocycles. The van der Waals surface area contributed by atoms with Crippen LogP contribution in [0.3, 0.4) is 0 Å². The lowest BCUT2D eigenvalue weighted by Gasteiger charge is -2.29. The third kappa shape index (κ3) is 5.67. The highest BCUT2D eigenvalue weighted by Crippen LogP contribution is 2.22. The van der Waals surface area contributed by atoms with E-state index >= 15 is 0 Å². The maximum atomic E-state index is 13.4. The summed E-state index contributed by atoms with van der Waals surface area (Å²) in [5.74, 6) is 0.130. The zero-order valence-corrected chi connectivity index (χ0v) is 22.1. The molecule has 0 amide bonds. The van der Waals surface area contributed by atoms with Crippen molar-refractivity contribution in [3.63, 3.8) is 0 Å². The van der Waals surface area contributed by atoms with Crippen molar-refractivity contribution in [3.05, 3.63) is 75.2 Å². The minimum Gasteiger partial charge on any atom is -0.297 e. The number of hydrogen-bond donors (Lipinski definition) is 0. The van der Waals surface area contributed by atoms with Crippen LogP contribution in [0.5, 0.6) is 0 Å². The van der Waals surface area contributed by atoms with Crippen molar-refractivity contribution in [1.29, 1.82) is 0 Å². The summed E-state index contributed by atoms with van der Waals surface area (Å²) in [7, 11) is -3.25. The van der Waals surface area contributed by atoms with Gasteiger partial charge in [-0.3, -0.25) is 9.69 Å². The van der Waals surface area contributed by atoms with Gasteiger partial charge in [0.15, 0.2) is 0 Å². The summed E-state index contributed by atoms with van der Waals surface area (Å²) in [5.41, 5.74) is 1.83. The van der Waals surface area contributed by atoms with Gasteiger partial charge >= 0.3 is 0 Å². The average Bonchev–Trinajstić information content (AvgIpc) is 3.34. The number of likely N-dealkylation sites (tertiary alicyclic amines) is 1. The third-order valence-corrected chi connectivity index (χ3v) is 9.56. The molecule has 1 atom stereocenters. The highest BCUT2D eigenvalue weighted by Gasteiger charge is 2.29. The second kappa shape index (κ2) is 11.0. The molecule has 3 aromatic rings. The van der Waals surface area contributed by atoms with Gasteiger partial charge in [0.05, 0.1) is 23.4 Å². The number of piperidine rings is 1. The molecule has 7 nitrogen and oxygen atoms in total. The Morgan fingerprint density at radius 3 is 2.39 bits per heavy atom. The molecule has 0 bridgehead atoms. The smallest absolute Gasteiger partial charge is 0.274 e. The quantitative estimate of drug-likeness (QED) is 0.443. The first-order valence-corrected chi connectivity index (χ1v) is 14.8. The normalized spacial score (nSPS) is 19.8. The number of hydrogen-bond acceptors (Lipinski definition) is 5. The highest BCUT2D eigenvalue weighted by atomic mass is 35.5. The van der Waals surface area contributed by atoms with Gasteiger partial charge < -0.3 is 0 Å². The van der Waals surface area contributed by atoms with Crippen molar-refractivity contribution < 1.29 is 8.42 Å². The molecule has 9 heteroatoms. The first-order valence-electron chi connectivity index (χ1n) is 12.9. The summed E-state index contributed by atoms with van der Waals surface area (Å²) >= 11 is 6.06. The molecule has 2 fully saturated rings. The Morgan fingerprint density at radius 2 is 1.64 bits per heavy atom. The molecule has 3 heterocycles. The Kier molecular flexibility index (Phi) is 7.76. The van der Waals surface area contributed by atoms with Gasteiger partial charge in [-0.15, -0.1) is 0 Å². The molecule has 5 rings (SSSR count). The Balaban J connectivity index is 1.35. The summed E-state index contributed by atoms with van der Waals surface area (Å²) in [6.45, 7) is 3.07. The standard InChI is InChI=1S/C27H33ClN4O3S/c28-22-12-10-21(11-13-22)19-26-24-8-2-3-9-25(24)27(33)32(29-26)20-23-7-6-14-30(23)17-18-36(34,35)31-15-4-1-5-16-31/h2-3,8-13,23H,1,4-7,14-20H2/t23-/m1/s1. The van der Waals surface area contributed by atoms with E-state index in [4.69, 9.17) is 16.7 Å². The predicted molar refractivity (Wildman–Crippen MR) is 144 cm³/mol. The van der Waals surface area contributed by atoms with Gasteiger partial charge in [-0.1, -0.05) is 48.4 Å².